The van der Waals surface area contributed by atoms with Crippen molar-refractivity contribution in [2.45, 2.75) is 38.4 Å². The van der Waals surface area contributed by atoms with Gasteiger partial charge in [0.05, 0.1) is 5.41 Å². The van der Waals surface area contributed by atoms with E-state index in [4.69, 9.17) is 10.8 Å². The summed E-state index contributed by atoms with van der Waals surface area (Å²) in [5.74, 6) is -2.31. The topological polar surface area (TPSA) is 83.6 Å². The molecule has 0 aromatic heterocycles. The predicted octanol–water partition coefficient (Wildman–Crippen LogP) is 0.979. The SMILES string of the molecule is CC1(C(=O)N(CC(=O)O)CC(F)(F)F)CCCC1N. The predicted molar refractivity (Wildman–Crippen MR) is 60.2 cm³/mol. The van der Waals surface area contributed by atoms with Gasteiger partial charge >= 0.3 is 12.1 Å². The molecule has 0 aliphatic heterocycles. The first-order chi connectivity index (χ1) is 8.56. The molecular weight excluding hydrogens is 265 g/mol. The first-order valence-corrected chi connectivity index (χ1v) is 5.90. The Morgan fingerprint density at radius 3 is 2.42 bits per heavy atom. The summed E-state index contributed by atoms with van der Waals surface area (Å²) in [5, 5.41) is 8.63. The minimum atomic E-state index is -4.63. The summed E-state index contributed by atoms with van der Waals surface area (Å²) >= 11 is 0. The Kier molecular flexibility index (Phi) is 4.44. The third-order valence-corrected chi connectivity index (χ3v) is 3.50. The van der Waals surface area contributed by atoms with Crippen molar-refractivity contribution in [1.82, 2.24) is 4.90 Å². The maximum absolute atomic E-state index is 12.4. The van der Waals surface area contributed by atoms with Crippen LogP contribution < -0.4 is 5.73 Å². The average molecular weight is 282 g/mol. The van der Waals surface area contributed by atoms with E-state index in [1.54, 1.807) is 0 Å². The van der Waals surface area contributed by atoms with Crippen LogP contribution in [0.4, 0.5) is 13.2 Å². The van der Waals surface area contributed by atoms with E-state index in [0.29, 0.717) is 24.2 Å². The van der Waals surface area contributed by atoms with Gasteiger partial charge in [-0.05, 0) is 19.8 Å². The quantitative estimate of drug-likeness (QED) is 0.805. The number of hydrogen-bond donors (Lipinski definition) is 2. The molecule has 1 fully saturated rings. The lowest BCUT2D eigenvalue weighted by atomic mass is 9.83. The third kappa shape index (κ3) is 3.82. The Hall–Kier alpha value is -1.31. The number of carbonyl (C=O) groups is 2. The summed E-state index contributed by atoms with van der Waals surface area (Å²) in [4.78, 5) is 23.1. The first-order valence-electron chi connectivity index (χ1n) is 5.90. The van der Waals surface area contributed by atoms with Crippen molar-refractivity contribution in [1.29, 1.82) is 0 Å². The molecule has 3 N–H and O–H groups in total. The molecule has 2 atom stereocenters. The van der Waals surface area contributed by atoms with Crippen molar-refractivity contribution in [2.75, 3.05) is 13.1 Å². The van der Waals surface area contributed by atoms with Crippen LogP contribution in [0, 0.1) is 5.41 Å². The molecule has 0 radical (unpaired) electrons. The molecule has 19 heavy (non-hydrogen) atoms. The number of halogens is 3. The highest BCUT2D eigenvalue weighted by atomic mass is 19.4. The van der Waals surface area contributed by atoms with Crippen molar-refractivity contribution in [3.8, 4) is 0 Å². The second-order valence-electron chi connectivity index (χ2n) is 5.09. The summed E-state index contributed by atoms with van der Waals surface area (Å²) in [7, 11) is 0. The zero-order chi connectivity index (χ0) is 14.8. The highest BCUT2D eigenvalue weighted by Crippen LogP contribution is 2.38. The van der Waals surface area contributed by atoms with Gasteiger partial charge in [0.25, 0.3) is 0 Å². The summed E-state index contributed by atoms with van der Waals surface area (Å²) in [5.41, 5.74) is 4.66. The number of nitrogens with two attached hydrogens (primary N) is 1. The molecule has 0 spiro atoms. The molecule has 0 aromatic rings. The molecule has 0 heterocycles. The molecule has 1 amide bonds. The van der Waals surface area contributed by atoms with E-state index in [0.717, 1.165) is 0 Å². The molecule has 1 rings (SSSR count). The zero-order valence-electron chi connectivity index (χ0n) is 10.5. The maximum atomic E-state index is 12.4. The summed E-state index contributed by atoms with van der Waals surface area (Å²) < 4.78 is 37.2. The molecule has 0 aromatic carbocycles. The number of carboxylic acids is 1. The second-order valence-corrected chi connectivity index (χ2v) is 5.09. The van der Waals surface area contributed by atoms with Crippen molar-refractivity contribution < 1.29 is 27.9 Å². The monoisotopic (exact) mass is 282 g/mol. The van der Waals surface area contributed by atoms with Gasteiger partial charge in [0, 0.05) is 6.04 Å². The van der Waals surface area contributed by atoms with E-state index in [1.807, 2.05) is 0 Å². The fraction of sp³-hybridized carbons (Fsp3) is 0.818. The van der Waals surface area contributed by atoms with Gasteiger partial charge < -0.3 is 15.7 Å². The largest absolute Gasteiger partial charge is 0.480 e. The third-order valence-electron chi connectivity index (χ3n) is 3.50. The van der Waals surface area contributed by atoms with Crippen molar-refractivity contribution in [3.05, 3.63) is 0 Å². The fourth-order valence-corrected chi connectivity index (χ4v) is 2.40. The van der Waals surface area contributed by atoms with Crippen LogP contribution in [-0.4, -0.2) is 47.2 Å². The Morgan fingerprint density at radius 2 is 2.05 bits per heavy atom. The van der Waals surface area contributed by atoms with Gasteiger partial charge in [0.2, 0.25) is 5.91 Å². The molecule has 0 saturated heterocycles. The van der Waals surface area contributed by atoms with Crippen LogP contribution in [0.3, 0.4) is 0 Å². The summed E-state index contributed by atoms with van der Waals surface area (Å²) in [6.45, 7) is -1.04. The number of carboxylic acid groups (broad SMARTS) is 1. The van der Waals surface area contributed by atoms with E-state index in [1.165, 1.54) is 6.92 Å². The molecular formula is C11H17F3N2O3. The van der Waals surface area contributed by atoms with Gasteiger partial charge in [-0.2, -0.15) is 13.2 Å². The van der Waals surface area contributed by atoms with Gasteiger partial charge in [-0.15, -0.1) is 0 Å². The number of rotatable bonds is 4. The van der Waals surface area contributed by atoms with Gasteiger partial charge in [0.1, 0.15) is 13.1 Å². The molecule has 110 valence electrons. The average Bonchev–Trinajstić information content (AvgIpc) is 2.56. The summed E-state index contributed by atoms with van der Waals surface area (Å²) in [6.07, 6.45) is -3.06. The second kappa shape index (κ2) is 5.36. The maximum Gasteiger partial charge on any atom is 0.406 e. The number of nitrogens with zero attached hydrogens (tertiary/aromatic N) is 1. The van der Waals surface area contributed by atoms with E-state index >= 15 is 0 Å². The van der Waals surface area contributed by atoms with Crippen LogP contribution in [0.25, 0.3) is 0 Å². The number of carbonyl (C=O) groups excluding carboxylic acids is 1. The number of alkyl halides is 3. The van der Waals surface area contributed by atoms with Crippen LogP contribution in [0.1, 0.15) is 26.2 Å². The normalized spacial score (nSPS) is 27.3. The van der Waals surface area contributed by atoms with Crippen molar-refractivity contribution >= 4 is 11.9 Å². The van der Waals surface area contributed by atoms with Crippen LogP contribution in [-0.2, 0) is 9.59 Å². The minimum absolute atomic E-state index is 0.327. The molecule has 0 bridgehead atoms. The molecule has 1 aliphatic rings. The molecule has 1 saturated carbocycles. The standard InChI is InChI=1S/C11H17F3N2O3/c1-10(4-2-3-7(10)15)9(19)16(5-8(17)18)6-11(12,13)14/h7H,2-6,15H2,1H3,(H,17,18). The van der Waals surface area contributed by atoms with Crippen LogP contribution in [0.5, 0.6) is 0 Å². The minimum Gasteiger partial charge on any atom is -0.480 e. The van der Waals surface area contributed by atoms with Crippen molar-refractivity contribution in [3.63, 3.8) is 0 Å². The Balaban J connectivity index is 2.90. The van der Waals surface area contributed by atoms with E-state index in [9.17, 15) is 22.8 Å². The van der Waals surface area contributed by atoms with E-state index in [2.05, 4.69) is 0 Å². The Labute approximate surface area is 108 Å². The lowest BCUT2D eigenvalue weighted by Gasteiger charge is -2.34. The van der Waals surface area contributed by atoms with Crippen molar-refractivity contribution in [2.24, 2.45) is 11.1 Å². The fourth-order valence-electron chi connectivity index (χ4n) is 2.40. The van der Waals surface area contributed by atoms with Gasteiger partial charge in [-0.25, -0.2) is 0 Å². The molecule has 8 heteroatoms. The molecule has 2 unspecified atom stereocenters. The van der Waals surface area contributed by atoms with E-state index in [-0.39, 0.29) is 0 Å². The van der Waals surface area contributed by atoms with E-state index < -0.39 is 42.6 Å². The van der Waals surface area contributed by atoms with Gasteiger partial charge in [-0.1, -0.05) is 6.42 Å². The number of amides is 1. The highest BCUT2D eigenvalue weighted by molar-refractivity contribution is 5.86. The van der Waals surface area contributed by atoms with Crippen LogP contribution >= 0.6 is 0 Å². The number of hydrogen-bond acceptors (Lipinski definition) is 3. The number of aliphatic carboxylic acids is 1. The molecule has 1 aliphatic carbocycles. The van der Waals surface area contributed by atoms with Crippen LogP contribution in [0.15, 0.2) is 0 Å². The van der Waals surface area contributed by atoms with Crippen LogP contribution in [0.2, 0.25) is 0 Å². The zero-order valence-corrected chi connectivity index (χ0v) is 10.5. The summed E-state index contributed by atoms with van der Waals surface area (Å²) in [6, 6.07) is -0.537. The lowest BCUT2D eigenvalue weighted by Crippen LogP contribution is -2.52. The molecule has 5 nitrogen and oxygen atoms in total. The first kappa shape index (κ1) is 15.7. The smallest absolute Gasteiger partial charge is 0.406 e. The van der Waals surface area contributed by atoms with Gasteiger partial charge in [0.15, 0.2) is 0 Å². The Morgan fingerprint density at radius 1 is 1.47 bits per heavy atom. The highest BCUT2D eigenvalue weighted by Gasteiger charge is 2.47. The lowest BCUT2D eigenvalue weighted by molar-refractivity contribution is -0.171. The van der Waals surface area contributed by atoms with Gasteiger partial charge in [-0.3, -0.25) is 9.59 Å². The Bertz CT molecular complexity index is 373.